The molecule has 2 aromatic carbocycles. The number of hydrogen-bond donors (Lipinski definition) is 3. The second-order valence-corrected chi connectivity index (χ2v) is 10.8. The van der Waals surface area contributed by atoms with Crippen LogP contribution >= 0.6 is 0 Å². The number of nitrogens with two attached hydrogens (primary N) is 1. The van der Waals surface area contributed by atoms with E-state index in [1.165, 1.54) is 12.1 Å². The van der Waals surface area contributed by atoms with E-state index < -0.39 is 0 Å². The molecule has 3 aliphatic rings. The van der Waals surface area contributed by atoms with Crippen LogP contribution in [0.5, 0.6) is 0 Å². The Labute approximate surface area is 232 Å². The van der Waals surface area contributed by atoms with Crippen molar-refractivity contribution < 1.29 is 14.0 Å². The molecule has 2 amide bonds. The summed E-state index contributed by atoms with van der Waals surface area (Å²) in [5.74, 6) is -0.0705. The minimum Gasteiger partial charge on any atom is -0.369 e. The largest absolute Gasteiger partial charge is 0.369 e. The second-order valence-electron chi connectivity index (χ2n) is 10.8. The molecule has 4 atom stereocenters. The molecular formula is C30H32FN7O2. The number of likely N-dealkylation sites (N-methyl/N-ethyl adjacent to an activating group) is 1. The first-order valence-corrected chi connectivity index (χ1v) is 13.6. The van der Waals surface area contributed by atoms with Crippen molar-refractivity contribution in [3.8, 4) is 11.1 Å². The molecular weight excluding hydrogens is 509 g/mol. The number of aromatic nitrogens is 2. The predicted molar refractivity (Wildman–Crippen MR) is 151 cm³/mol. The molecule has 206 valence electrons. The lowest BCUT2D eigenvalue weighted by Gasteiger charge is -2.32. The SMILES string of the molecule is CN1CCN(C(=O)c2cccc(Nc3ncc(-c4cccc(F)c4)c(N[C@H]4[C@@H](C(N)=O)[C@@H]5C=C[C@H]4C5)n3)c2)CC1. The van der Waals surface area contributed by atoms with Crippen LogP contribution in [-0.2, 0) is 4.79 Å². The number of allylic oxidation sites excluding steroid dienone is 1. The fraction of sp³-hybridized carbons (Fsp3) is 0.333. The summed E-state index contributed by atoms with van der Waals surface area (Å²) >= 11 is 0. The topological polar surface area (TPSA) is 116 Å². The number of amides is 2. The maximum absolute atomic E-state index is 14.1. The van der Waals surface area contributed by atoms with E-state index in [4.69, 9.17) is 10.7 Å². The van der Waals surface area contributed by atoms with Gasteiger partial charge in [0, 0.05) is 55.2 Å². The summed E-state index contributed by atoms with van der Waals surface area (Å²) in [5.41, 5.74) is 8.27. The van der Waals surface area contributed by atoms with Crippen LogP contribution in [0.2, 0.25) is 0 Å². The zero-order valence-electron chi connectivity index (χ0n) is 22.3. The highest BCUT2D eigenvalue weighted by Gasteiger charge is 2.47. The number of primary amides is 1. The first-order valence-electron chi connectivity index (χ1n) is 13.6. The van der Waals surface area contributed by atoms with Gasteiger partial charge >= 0.3 is 0 Å². The number of nitrogens with one attached hydrogen (secondary N) is 2. The fourth-order valence-electron chi connectivity index (χ4n) is 6.04. The van der Waals surface area contributed by atoms with Gasteiger partial charge in [0.25, 0.3) is 5.91 Å². The van der Waals surface area contributed by atoms with Crippen molar-refractivity contribution >= 4 is 29.3 Å². The quantitative estimate of drug-likeness (QED) is 0.392. The maximum Gasteiger partial charge on any atom is 0.254 e. The van der Waals surface area contributed by atoms with Crippen molar-refractivity contribution in [2.24, 2.45) is 23.5 Å². The molecule has 1 aliphatic heterocycles. The Bertz CT molecular complexity index is 1470. The average Bonchev–Trinajstić information content (AvgIpc) is 3.56. The van der Waals surface area contributed by atoms with Gasteiger partial charge in [-0.15, -0.1) is 0 Å². The molecule has 2 aliphatic carbocycles. The summed E-state index contributed by atoms with van der Waals surface area (Å²) in [5, 5.41) is 6.67. The van der Waals surface area contributed by atoms with Crippen molar-refractivity contribution in [1.29, 1.82) is 0 Å². The van der Waals surface area contributed by atoms with Gasteiger partial charge in [0.15, 0.2) is 0 Å². The third-order valence-corrected chi connectivity index (χ3v) is 8.17. The van der Waals surface area contributed by atoms with Crippen molar-refractivity contribution in [2.75, 3.05) is 43.9 Å². The van der Waals surface area contributed by atoms with E-state index in [-0.39, 0.29) is 41.4 Å². The van der Waals surface area contributed by atoms with Crippen molar-refractivity contribution in [1.82, 2.24) is 19.8 Å². The first kappa shape index (κ1) is 25.9. The van der Waals surface area contributed by atoms with E-state index >= 15 is 0 Å². The average molecular weight is 542 g/mol. The van der Waals surface area contributed by atoms with Gasteiger partial charge in [-0.3, -0.25) is 9.59 Å². The second kappa shape index (κ2) is 10.7. The predicted octanol–water partition coefficient (Wildman–Crippen LogP) is 3.50. The Balaban J connectivity index is 1.29. The molecule has 1 saturated carbocycles. The van der Waals surface area contributed by atoms with Gasteiger partial charge < -0.3 is 26.2 Å². The van der Waals surface area contributed by atoms with E-state index in [0.29, 0.717) is 47.2 Å². The third kappa shape index (κ3) is 5.14. The van der Waals surface area contributed by atoms with Crippen LogP contribution < -0.4 is 16.4 Å². The highest BCUT2D eigenvalue weighted by molar-refractivity contribution is 5.95. The van der Waals surface area contributed by atoms with E-state index in [9.17, 15) is 14.0 Å². The Morgan fingerprint density at radius 1 is 1.02 bits per heavy atom. The maximum atomic E-state index is 14.1. The smallest absolute Gasteiger partial charge is 0.254 e. The molecule has 3 aromatic rings. The molecule has 2 fully saturated rings. The van der Waals surface area contributed by atoms with Gasteiger partial charge in [0.1, 0.15) is 11.6 Å². The van der Waals surface area contributed by atoms with Gasteiger partial charge in [0.05, 0.1) is 5.92 Å². The van der Waals surface area contributed by atoms with Gasteiger partial charge in [-0.1, -0.05) is 30.4 Å². The van der Waals surface area contributed by atoms with Crippen LogP contribution in [0.15, 0.2) is 66.9 Å². The van der Waals surface area contributed by atoms with Gasteiger partial charge in [-0.05, 0) is 61.2 Å². The molecule has 0 radical (unpaired) electrons. The summed E-state index contributed by atoms with van der Waals surface area (Å²) in [6.07, 6.45) is 6.67. The summed E-state index contributed by atoms with van der Waals surface area (Å²) in [6, 6.07) is 13.3. The Morgan fingerprint density at radius 3 is 2.58 bits per heavy atom. The van der Waals surface area contributed by atoms with E-state index in [1.807, 2.05) is 17.0 Å². The van der Waals surface area contributed by atoms with Crippen LogP contribution in [0.3, 0.4) is 0 Å². The first-order chi connectivity index (χ1) is 19.4. The molecule has 9 nitrogen and oxygen atoms in total. The number of rotatable bonds is 7. The number of piperazine rings is 1. The minimum atomic E-state index is -0.370. The number of nitrogens with zero attached hydrogens (tertiary/aromatic N) is 4. The van der Waals surface area contributed by atoms with E-state index in [0.717, 1.165) is 19.5 Å². The molecule has 1 aromatic heterocycles. The molecule has 1 saturated heterocycles. The van der Waals surface area contributed by atoms with Crippen LogP contribution in [0.4, 0.5) is 21.8 Å². The molecule has 0 unspecified atom stereocenters. The van der Waals surface area contributed by atoms with E-state index in [1.54, 1.807) is 30.5 Å². The lowest BCUT2D eigenvalue weighted by atomic mass is 9.88. The number of carbonyl (C=O) groups is 2. The van der Waals surface area contributed by atoms with Gasteiger partial charge in [-0.2, -0.15) is 4.98 Å². The lowest BCUT2D eigenvalue weighted by Crippen LogP contribution is -2.47. The Morgan fingerprint density at radius 2 is 1.80 bits per heavy atom. The van der Waals surface area contributed by atoms with Crippen LogP contribution in [0.25, 0.3) is 11.1 Å². The zero-order valence-corrected chi connectivity index (χ0v) is 22.3. The third-order valence-electron chi connectivity index (χ3n) is 8.17. The fourth-order valence-corrected chi connectivity index (χ4v) is 6.04. The molecule has 4 N–H and O–H groups in total. The highest BCUT2D eigenvalue weighted by atomic mass is 19.1. The lowest BCUT2D eigenvalue weighted by molar-refractivity contribution is -0.122. The van der Waals surface area contributed by atoms with E-state index in [2.05, 4.69) is 39.7 Å². The van der Waals surface area contributed by atoms with Crippen LogP contribution in [-0.4, -0.2) is 70.9 Å². The van der Waals surface area contributed by atoms with Crippen molar-refractivity contribution in [2.45, 2.75) is 12.5 Å². The normalized spacial score (nSPS) is 23.8. The molecule has 0 spiro atoms. The molecule has 2 heterocycles. The summed E-state index contributed by atoms with van der Waals surface area (Å²) in [7, 11) is 2.05. The Hall–Kier alpha value is -4.31. The van der Waals surface area contributed by atoms with Crippen LogP contribution in [0, 0.1) is 23.6 Å². The summed E-state index contributed by atoms with van der Waals surface area (Å²) in [6.45, 7) is 3.08. The number of benzene rings is 2. The Kier molecular flexibility index (Phi) is 6.93. The molecule has 10 heteroatoms. The molecule has 6 rings (SSSR count). The standard InChI is InChI=1S/C30H32FN7O2/c1-37-10-12-38(13-11-37)29(40)21-5-3-7-23(16-21)34-30-33-17-24(18-4-2-6-22(31)15-18)28(36-30)35-26-20-9-8-19(14-20)25(26)27(32)39/h2-9,15-17,19-20,25-26H,10-14H2,1H3,(H2,32,39)(H2,33,34,35,36)/t19-,20+,25+,26-/m1/s1. The number of fused-ring (bicyclic) bond motifs is 2. The highest BCUT2D eigenvalue weighted by Crippen LogP contribution is 2.45. The van der Waals surface area contributed by atoms with Crippen LogP contribution in [0.1, 0.15) is 16.8 Å². The number of hydrogen-bond acceptors (Lipinski definition) is 7. The van der Waals surface area contributed by atoms with Gasteiger partial charge in [0.2, 0.25) is 11.9 Å². The summed E-state index contributed by atoms with van der Waals surface area (Å²) in [4.78, 5) is 38.8. The van der Waals surface area contributed by atoms with Crippen molar-refractivity contribution in [3.05, 3.63) is 78.3 Å². The minimum absolute atomic E-state index is 0.0108. The summed E-state index contributed by atoms with van der Waals surface area (Å²) < 4.78 is 14.1. The zero-order chi connectivity index (χ0) is 27.8. The molecule has 2 bridgehead atoms. The number of anilines is 3. The van der Waals surface area contributed by atoms with Gasteiger partial charge in [-0.25, -0.2) is 9.37 Å². The molecule has 40 heavy (non-hydrogen) atoms. The number of halogens is 1. The number of carbonyl (C=O) groups excluding carboxylic acids is 2. The van der Waals surface area contributed by atoms with Crippen molar-refractivity contribution in [3.63, 3.8) is 0 Å². The monoisotopic (exact) mass is 541 g/mol.